The topological polar surface area (TPSA) is 23.6 Å². The van der Waals surface area contributed by atoms with Gasteiger partial charge in [-0.15, -0.1) is 0 Å². The number of hydrogen-bond acceptors (Lipinski definition) is 3. The molecule has 3 nitrogen and oxygen atoms in total. The van der Waals surface area contributed by atoms with Gasteiger partial charge in [0.15, 0.2) is 0 Å². The van der Waals surface area contributed by atoms with Crippen molar-refractivity contribution in [2.75, 3.05) is 33.2 Å². The largest absolute Gasteiger partial charge is 0.305 e. The third-order valence-electron chi connectivity index (χ3n) is 5.35. The molecule has 1 heterocycles. The van der Waals surface area contributed by atoms with E-state index in [1.807, 2.05) is 0 Å². The van der Waals surface area contributed by atoms with Gasteiger partial charge >= 0.3 is 0 Å². The molecule has 4 atom stereocenters. The second-order valence-electron chi connectivity index (χ2n) is 7.27. The predicted octanol–water partition coefficient (Wildman–Crippen LogP) is 2.65. The van der Waals surface area contributed by atoms with E-state index in [4.69, 9.17) is 0 Å². The molecule has 2 aliphatic rings. The van der Waals surface area contributed by atoms with Crippen LogP contribution in [0.25, 0.3) is 0 Å². The van der Waals surface area contributed by atoms with Crippen molar-refractivity contribution in [2.45, 2.75) is 52.5 Å². The number of hydrogen-bond donors (Lipinski definition) is 0. The van der Waals surface area contributed by atoms with Gasteiger partial charge in [0, 0.05) is 31.5 Å². The Bertz CT molecular complexity index is 331. The first-order chi connectivity index (χ1) is 9.51. The fourth-order valence-corrected chi connectivity index (χ4v) is 4.15. The molecule has 1 aliphatic heterocycles. The number of carbonyl (C=O) groups is 1. The number of ketones is 1. The van der Waals surface area contributed by atoms with Crippen LogP contribution in [0.3, 0.4) is 0 Å². The summed E-state index contributed by atoms with van der Waals surface area (Å²) in [6.07, 6.45) is 4.45. The van der Waals surface area contributed by atoms with Gasteiger partial charge in [0.2, 0.25) is 0 Å². The van der Waals surface area contributed by atoms with Crippen molar-refractivity contribution in [2.24, 2.45) is 17.8 Å². The quantitative estimate of drug-likeness (QED) is 0.794. The lowest BCUT2D eigenvalue weighted by molar-refractivity contribution is -0.129. The summed E-state index contributed by atoms with van der Waals surface area (Å²) < 4.78 is 0. The Labute approximate surface area is 124 Å². The van der Waals surface area contributed by atoms with Crippen LogP contribution >= 0.6 is 0 Å². The Kier molecular flexibility index (Phi) is 5.62. The van der Waals surface area contributed by atoms with E-state index >= 15 is 0 Å². The van der Waals surface area contributed by atoms with Gasteiger partial charge in [-0.25, -0.2) is 0 Å². The Balaban J connectivity index is 2.01. The molecule has 4 unspecified atom stereocenters. The molecule has 2 fully saturated rings. The number of likely N-dealkylation sites (N-methyl/N-ethyl adjacent to an activating group) is 1. The average molecular weight is 280 g/mol. The molecule has 0 amide bonds. The first kappa shape index (κ1) is 16.0. The van der Waals surface area contributed by atoms with E-state index in [0.29, 0.717) is 23.7 Å². The molecule has 1 aliphatic carbocycles. The molecule has 2 rings (SSSR count). The maximum atomic E-state index is 12.4. The van der Waals surface area contributed by atoms with E-state index in [9.17, 15) is 4.79 Å². The van der Waals surface area contributed by atoms with Gasteiger partial charge < -0.3 is 4.90 Å². The van der Waals surface area contributed by atoms with Crippen LogP contribution in [0.15, 0.2) is 0 Å². The molecule has 1 saturated carbocycles. The molecular formula is C17H32N2O. The SMILES string of the molecule is CCC1CN(C)CCCN1CC1C(=O)CC(C)CC1C. The van der Waals surface area contributed by atoms with Crippen LogP contribution in [0.1, 0.15) is 46.5 Å². The van der Waals surface area contributed by atoms with Gasteiger partial charge in [-0.1, -0.05) is 20.8 Å². The fraction of sp³-hybridized carbons (Fsp3) is 0.941. The Morgan fingerprint density at radius 2 is 2.00 bits per heavy atom. The van der Waals surface area contributed by atoms with Crippen LogP contribution in [0, 0.1) is 17.8 Å². The standard InChI is InChI=1S/C17H32N2O/c1-5-15-11-18(4)7-6-8-19(15)12-16-14(3)9-13(2)10-17(16)20/h13-16H,5-12H2,1-4H3. The summed E-state index contributed by atoms with van der Waals surface area (Å²) >= 11 is 0. The molecular weight excluding hydrogens is 248 g/mol. The van der Waals surface area contributed by atoms with E-state index in [-0.39, 0.29) is 5.92 Å². The van der Waals surface area contributed by atoms with Crippen LogP contribution in [-0.4, -0.2) is 54.9 Å². The summed E-state index contributed by atoms with van der Waals surface area (Å²) in [5.74, 6) is 1.95. The Morgan fingerprint density at radius 1 is 1.25 bits per heavy atom. The average Bonchev–Trinajstić information content (AvgIpc) is 2.55. The second kappa shape index (κ2) is 7.04. The number of rotatable bonds is 3. The van der Waals surface area contributed by atoms with E-state index in [1.54, 1.807) is 0 Å². The highest BCUT2D eigenvalue weighted by molar-refractivity contribution is 5.82. The highest BCUT2D eigenvalue weighted by Gasteiger charge is 2.35. The second-order valence-corrected chi connectivity index (χ2v) is 7.27. The lowest BCUT2D eigenvalue weighted by Crippen LogP contribution is -2.46. The molecule has 0 aromatic rings. The zero-order valence-electron chi connectivity index (χ0n) is 13.8. The van der Waals surface area contributed by atoms with Crippen molar-refractivity contribution in [3.8, 4) is 0 Å². The Hall–Kier alpha value is -0.410. The minimum absolute atomic E-state index is 0.281. The maximum Gasteiger partial charge on any atom is 0.137 e. The fourth-order valence-electron chi connectivity index (χ4n) is 4.15. The Morgan fingerprint density at radius 3 is 2.65 bits per heavy atom. The maximum absolute atomic E-state index is 12.4. The summed E-state index contributed by atoms with van der Waals surface area (Å²) in [7, 11) is 2.22. The van der Waals surface area contributed by atoms with Gasteiger partial charge in [0.05, 0.1) is 0 Å². The smallest absolute Gasteiger partial charge is 0.137 e. The zero-order chi connectivity index (χ0) is 14.7. The van der Waals surface area contributed by atoms with Gasteiger partial charge in [0.1, 0.15) is 5.78 Å². The first-order valence-electron chi connectivity index (χ1n) is 8.46. The third kappa shape index (κ3) is 3.82. The van der Waals surface area contributed by atoms with Gasteiger partial charge in [-0.3, -0.25) is 9.69 Å². The molecule has 0 spiro atoms. The molecule has 0 bridgehead atoms. The molecule has 0 aromatic carbocycles. The van der Waals surface area contributed by atoms with Crippen LogP contribution in [0.5, 0.6) is 0 Å². The van der Waals surface area contributed by atoms with Crippen molar-refractivity contribution >= 4 is 5.78 Å². The summed E-state index contributed by atoms with van der Waals surface area (Å²) in [5.41, 5.74) is 0. The van der Waals surface area contributed by atoms with Crippen molar-refractivity contribution in [1.29, 1.82) is 0 Å². The van der Waals surface area contributed by atoms with Crippen molar-refractivity contribution < 1.29 is 4.79 Å². The minimum Gasteiger partial charge on any atom is -0.305 e. The zero-order valence-corrected chi connectivity index (χ0v) is 13.8. The molecule has 0 aromatic heterocycles. The van der Waals surface area contributed by atoms with Crippen LogP contribution in [0.4, 0.5) is 0 Å². The van der Waals surface area contributed by atoms with E-state index in [2.05, 4.69) is 37.6 Å². The molecule has 116 valence electrons. The minimum atomic E-state index is 0.281. The molecule has 1 saturated heterocycles. The normalized spacial score (nSPS) is 37.9. The number of Topliss-reactive ketones (excluding diaryl/α,β-unsaturated/α-hetero) is 1. The van der Waals surface area contributed by atoms with E-state index in [1.165, 1.54) is 25.8 Å². The van der Waals surface area contributed by atoms with Crippen LogP contribution in [0.2, 0.25) is 0 Å². The summed E-state index contributed by atoms with van der Waals surface area (Å²) in [6.45, 7) is 11.3. The van der Waals surface area contributed by atoms with E-state index in [0.717, 1.165) is 26.1 Å². The highest BCUT2D eigenvalue weighted by Crippen LogP contribution is 2.32. The van der Waals surface area contributed by atoms with Crippen molar-refractivity contribution in [3.63, 3.8) is 0 Å². The molecule has 0 N–H and O–H groups in total. The first-order valence-corrected chi connectivity index (χ1v) is 8.46. The lowest BCUT2D eigenvalue weighted by atomic mass is 9.74. The lowest BCUT2D eigenvalue weighted by Gasteiger charge is -2.38. The highest BCUT2D eigenvalue weighted by atomic mass is 16.1. The van der Waals surface area contributed by atoms with Crippen LogP contribution in [-0.2, 0) is 4.79 Å². The van der Waals surface area contributed by atoms with E-state index < -0.39 is 0 Å². The van der Waals surface area contributed by atoms with Gasteiger partial charge in [-0.05, 0) is 51.2 Å². The summed E-state index contributed by atoms with van der Waals surface area (Å²) in [4.78, 5) is 17.5. The number of carbonyl (C=O) groups excluding carboxylic acids is 1. The third-order valence-corrected chi connectivity index (χ3v) is 5.35. The van der Waals surface area contributed by atoms with Crippen molar-refractivity contribution in [3.05, 3.63) is 0 Å². The number of nitrogens with zero attached hydrogens (tertiary/aromatic N) is 2. The van der Waals surface area contributed by atoms with Crippen LogP contribution < -0.4 is 0 Å². The summed E-state index contributed by atoms with van der Waals surface area (Å²) in [5, 5.41) is 0. The molecule has 3 heteroatoms. The predicted molar refractivity (Wildman–Crippen MR) is 83.8 cm³/mol. The summed E-state index contributed by atoms with van der Waals surface area (Å²) in [6, 6.07) is 0.627. The van der Waals surface area contributed by atoms with Gasteiger partial charge in [0.25, 0.3) is 0 Å². The monoisotopic (exact) mass is 280 g/mol. The van der Waals surface area contributed by atoms with Gasteiger partial charge in [-0.2, -0.15) is 0 Å². The molecule has 20 heavy (non-hydrogen) atoms. The molecule has 0 radical (unpaired) electrons. The van der Waals surface area contributed by atoms with Crippen molar-refractivity contribution in [1.82, 2.24) is 9.80 Å².